The molecule has 0 N–H and O–H groups in total. The van der Waals surface area contributed by atoms with E-state index in [2.05, 4.69) is 42.8 Å². The van der Waals surface area contributed by atoms with Gasteiger partial charge in [0.15, 0.2) is 6.61 Å². The summed E-state index contributed by atoms with van der Waals surface area (Å²) in [5.41, 5.74) is 2.17. The summed E-state index contributed by atoms with van der Waals surface area (Å²) in [4.78, 5) is 0. The highest BCUT2D eigenvalue weighted by atomic mass is 79.9. The Kier molecular flexibility index (Phi) is 3.98. The van der Waals surface area contributed by atoms with Gasteiger partial charge in [0.05, 0.1) is 0 Å². The maximum absolute atomic E-state index is 8.58. The second-order valence-electron chi connectivity index (χ2n) is 4.80. The number of benzene rings is 1. The zero-order valence-electron chi connectivity index (χ0n) is 10.1. The lowest BCUT2D eigenvalue weighted by Gasteiger charge is -2.24. The van der Waals surface area contributed by atoms with Gasteiger partial charge >= 0.3 is 0 Å². The molecule has 1 rings (SSSR count). The molecule has 0 fully saturated rings. The molecule has 0 aromatic heterocycles. The van der Waals surface area contributed by atoms with Crippen molar-refractivity contribution < 1.29 is 4.74 Å². The predicted octanol–water partition coefficient (Wildman–Crippen LogP) is 3.96. The zero-order chi connectivity index (χ0) is 12.3. The van der Waals surface area contributed by atoms with Crippen LogP contribution in [0.2, 0.25) is 0 Å². The molecular formula is C13H16BrNO. The molecule has 3 heteroatoms. The lowest BCUT2D eigenvalue weighted by Crippen LogP contribution is -2.14. The molecule has 0 bridgehead atoms. The minimum absolute atomic E-state index is 0.000666. The van der Waals surface area contributed by atoms with E-state index >= 15 is 0 Å². The minimum atomic E-state index is -0.000666. The van der Waals surface area contributed by atoms with Crippen LogP contribution < -0.4 is 4.74 Å². The summed E-state index contributed by atoms with van der Waals surface area (Å²) in [5.74, 6) is 0.831. The molecule has 0 spiro atoms. The average molecular weight is 282 g/mol. The van der Waals surface area contributed by atoms with Crippen molar-refractivity contribution in [3.63, 3.8) is 0 Å². The van der Waals surface area contributed by atoms with E-state index in [0.29, 0.717) is 0 Å². The van der Waals surface area contributed by atoms with Crippen molar-refractivity contribution in [2.24, 2.45) is 0 Å². The molecule has 0 aliphatic rings. The normalized spacial score (nSPS) is 11.0. The van der Waals surface area contributed by atoms with Gasteiger partial charge in [-0.3, -0.25) is 0 Å². The molecule has 0 amide bonds. The van der Waals surface area contributed by atoms with E-state index in [1.807, 2.05) is 19.1 Å². The SMILES string of the molecule is Cc1cc(Br)cc(C(C)(C)C)c1OCC#N. The van der Waals surface area contributed by atoms with Gasteiger partial charge in [-0.15, -0.1) is 0 Å². The third-order valence-corrected chi connectivity index (χ3v) is 2.79. The van der Waals surface area contributed by atoms with E-state index in [4.69, 9.17) is 10.00 Å². The van der Waals surface area contributed by atoms with Crippen LogP contribution in [0.25, 0.3) is 0 Å². The highest BCUT2D eigenvalue weighted by Crippen LogP contribution is 2.36. The van der Waals surface area contributed by atoms with Crippen LogP contribution >= 0.6 is 15.9 Å². The molecular weight excluding hydrogens is 266 g/mol. The summed E-state index contributed by atoms with van der Waals surface area (Å²) in [6.07, 6.45) is 0. The van der Waals surface area contributed by atoms with Crippen LogP contribution in [0.1, 0.15) is 31.9 Å². The van der Waals surface area contributed by atoms with Crippen LogP contribution in [0.5, 0.6) is 5.75 Å². The Morgan fingerprint density at radius 1 is 1.38 bits per heavy atom. The maximum Gasteiger partial charge on any atom is 0.174 e. The smallest absolute Gasteiger partial charge is 0.174 e. The van der Waals surface area contributed by atoms with Gasteiger partial charge < -0.3 is 4.74 Å². The Bertz CT molecular complexity index is 427. The summed E-state index contributed by atoms with van der Waals surface area (Å²) >= 11 is 3.49. The molecule has 2 nitrogen and oxygen atoms in total. The molecule has 0 unspecified atom stereocenters. The van der Waals surface area contributed by atoms with Gasteiger partial charge in [-0.2, -0.15) is 5.26 Å². The lowest BCUT2D eigenvalue weighted by molar-refractivity contribution is 0.353. The number of halogens is 1. The number of rotatable bonds is 2. The third-order valence-electron chi connectivity index (χ3n) is 2.33. The van der Waals surface area contributed by atoms with Gasteiger partial charge in [0.2, 0.25) is 0 Å². The molecule has 0 heterocycles. The number of ether oxygens (including phenoxy) is 1. The van der Waals surface area contributed by atoms with Crippen LogP contribution in [-0.2, 0) is 5.41 Å². The van der Waals surface area contributed by atoms with E-state index in [1.165, 1.54) is 0 Å². The van der Waals surface area contributed by atoms with Gasteiger partial charge in [0, 0.05) is 10.0 Å². The van der Waals surface area contributed by atoms with Crippen molar-refractivity contribution in [2.75, 3.05) is 6.61 Å². The van der Waals surface area contributed by atoms with E-state index in [-0.39, 0.29) is 12.0 Å². The highest BCUT2D eigenvalue weighted by molar-refractivity contribution is 9.10. The second kappa shape index (κ2) is 4.88. The van der Waals surface area contributed by atoms with Crippen LogP contribution in [0, 0.1) is 18.3 Å². The summed E-state index contributed by atoms with van der Waals surface area (Å²) in [6.45, 7) is 8.48. The fraction of sp³-hybridized carbons (Fsp3) is 0.462. The first-order valence-corrected chi connectivity index (χ1v) is 5.96. The van der Waals surface area contributed by atoms with Crippen molar-refractivity contribution in [1.82, 2.24) is 0 Å². The number of nitrogens with zero attached hydrogens (tertiary/aromatic N) is 1. The number of hydrogen-bond donors (Lipinski definition) is 0. The Morgan fingerprint density at radius 2 is 2.00 bits per heavy atom. The fourth-order valence-electron chi connectivity index (χ4n) is 1.58. The highest BCUT2D eigenvalue weighted by Gasteiger charge is 2.21. The molecule has 0 atom stereocenters. The zero-order valence-corrected chi connectivity index (χ0v) is 11.7. The first kappa shape index (κ1) is 13.1. The topological polar surface area (TPSA) is 33.0 Å². The molecule has 1 aromatic rings. The Balaban J connectivity index is 3.28. The average Bonchev–Trinajstić information content (AvgIpc) is 2.14. The Morgan fingerprint density at radius 3 is 2.50 bits per heavy atom. The minimum Gasteiger partial charge on any atom is -0.478 e. The van der Waals surface area contributed by atoms with Crippen LogP contribution in [0.4, 0.5) is 0 Å². The molecule has 0 saturated heterocycles. The van der Waals surface area contributed by atoms with E-state index < -0.39 is 0 Å². The number of nitriles is 1. The first-order valence-electron chi connectivity index (χ1n) is 5.16. The molecule has 16 heavy (non-hydrogen) atoms. The van der Waals surface area contributed by atoms with Gasteiger partial charge in [0.1, 0.15) is 11.8 Å². The van der Waals surface area contributed by atoms with Crippen LogP contribution in [0.3, 0.4) is 0 Å². The van der Waals surface area contributed by atoms with Crippen molar-refractivity contribution in [3.05, 3.63) is 27.7 Å². The van der Waals surface area contributed by atoms with Gasteiger partial charge in [-0.25, -0.2) is 0 Å². The van der Waals surface area contributed by atoms with Crippen LogP contribution in [-0.4, -0.2) is 6.61 Å². The summed E-state index contributed by atoms with van der Waals surface area (Å²) < 4.78 is 6.56. The summed E-state index contributed by atoms with van der Waals surface area (Å²) in [5, 5.41) is 8.58. The van der Waals surface area contributed by atoms with E-state index in [0.717, 1.165) is 21.3 Å². The molecule has 0 aliphatic heterocycles. The quantitative estimate of drug-likeness (QED) is 0.822. The molecule has 0 radical (unpaired) electrons. The van der Waals surface area contributed by atoms with Crippen molar-refractivity contribution >= 4 is 15.9 Å². The lowest BCUT2D eigenvalue weighted by atomic mass is 9.85. The van der Waals surface area contributed by atoms with Crippen molar-refractivity contribution in [1.29, 1.82) is 5.26 Å². The van der Waals surface area contributed by atoms with Gasteiger partial charge in [-0.1, -0.05) is 36.7 Å². The predicted molar refractivity (Wildman–Crippen MR) is 68.7 cm³/mol. The van der Waals surface area contributed by atoms with Gasteiger partial charge in [0.25, 0.3) is 0 Å². The largest absolute Gasteiger partial charge is 0.478 e. The summed E-state index contributed by atoms with van der Waals surface area (Å²) in [7, 11) is 0. The Hall–Kier alpha value is -1.01. The van der Waals surface area contributed by atoms with Crippen molar-refractivity contribution in [3.8, 4) is 11.8 Å². The molecule has 86 valence electrons. The standard InChI is InChI=1S/C13H16BrNO/c1-9-7-10(14)8-11(13(2,3)4)12(9)16-6-5-15/h7-8H,6H2,1-4H3. The molecule has 0 aliphatic carbocycles. The number of aryl methyl sites for hydroxylation is 1. The molecule has 1 aromatic carbocycles. The monoisotopic (exact) mass is 281 g/mol. The number of hydrogen-bond acceptors (Lipinski definition) is 2. The van der Waals surface area contributed by atoms with Crippen molar-refractivity contribution in [2.45, 2.75) is 33.1 Å². The van der Waals surface area contributed by atoms with Crippen LogP contribution in [0.15, 0.2) is 16.6 Å². The maximum atomic E-state index is 8.58. The van der Waals surface area contributed by atoms with Gasteiger partial charge in [-0.05, 0) is 30.0 Å². The first-order chi connectivity index (χ1) is 7.36. The summed E-state index contributed by atoms with van der Waals surface area (Å²) in [6, 6.07) is 6.06. The van der Waals surface area contributed by atoms with E-state index in [1.54, 1.807) is 0 Å². The third kappa shape index (κ3) is 2.99. The Labute approximate surface area is 105 Å². The molecule has 0 saturated carbocycles. The second-order valence-corrected chi connectivity index (χ2v) is 5.71. The fourth-order valence-corrected chi connectivity index (χ4v) is 2.16. The van der Waals surface area contributed by atoms with E-state index in [9.17, 15) is 0 Å².